The Kier molecular flexibility index (Phi) is 5.87. The van der Waals surface area contributed by atoms with Crippen molar-refractivity contribution in [3.05, 3.63) is 76.9 Å². The van der Waals surface area contributed by atoms with Gasteiger partial charge in [-0.2, -0.15) is 0 Å². The number of aromatic nitrogens is 2. The minimum Gasteiger partial charge on any atom is -0.366 e. The van der Waals surface area contributed by atoms with Crippen LogP contribution in [0.1, 0.15) is 47.1 Å². The molecule has 0 saturated carbocycles. The van der Waals surface area contributed by atoms with Crippen LogP contribution in [0.4, 0.5) is 8.78 Å². The summed E-state index contributed by atoms with van der Waals surface area (Å²) in [6.07, 6.45) is 6.02. The van der Waals surface area contributed by atoms with Crippen LogP contribution in [0.2, 0.25) is 0 Å². The van der Waals surface area contributed by atoms with Crippen molar-refractivity contribution in [2.24, 2.45) is 5.73 Å². The smallest absolute Gasteiger partial charge is 0.251 e. The van der Waals surface area contributed by atoms with Crippen LogP contribution >= 0.6 is 0 Å². The zero-order chi connectivity index (χ0) is 20.3. The van der Waals surface area contributed by atoms with Gasteiger partial charge < -0.3 is 10.3 Å². The van der Waals surface area contributed by atoms with Crippen molar-refractivity contribution in [2.75, 3.05) is 0 Å². The number of amides is 1. The molecule has 2 N–H and O–H groups in total. The quantitative estimate of drug-likeness (QED) is 0.647. The third kappa shape index (κ3) is 3.81. The number of nitrogens with two attached hydrogens (primary N) is 1. The summed E-state index contributed by atoms with van der Waals surface area (Å²) in [5, 5.41) is 0. The molecule has 3 aromatic rings. The monoisotopic (exact) mass is 383 g/mol. The standard InChI is InChI=1S/C22H23F2N3O/c1-3-4-7-19-21(16-6-5-10-26-12-16)20(22(25)28)14(2)27(19)13-15-8-9-17(23)18(24)11-15/h5-6,8-12H,3-4,7,13H2,1-2H3,(H2,25,28). The second kappa shape index (κ2) is 8.33. The molecule has 0 spiro atoms. The average molecular weight is 383 g/mol. The van der Waals surface area contributed by atoms with Gasteiger partial charge in [0.1, 0.15) is 0 Å². The van der Waals surface area contributed by atoms with E-state index in [4.69, 9.17) is 5.73 Å². The average Bonchev–Trinajstić information content (AvgIpc) is 2.95. The second-order valence-electron chi connectivity index (χ2n) is 6.83. The van der Waals surface area contributed by atoms with Crippen LogP contribution < -0.4 is 5.73 Å². The molecule has 1 aromatic carbocycles. The van der Waals surface area contributed by atoms with Crippen molar-refractivity contribution in [1.82, 2.24) is 9.55 Å². The van der Waals surface area contributed by atoms with E-state index in [9.17, 15) is 13.6 Å². The van der Waals surface area contributed by atoms with Crippen molar-refractivity contribution in [2.45, 2.75) is 39.7 Å². The molecule has 4 nitrogen and oxygen atoms in total. The van der Waals surface area contributed by atoms with Gasteiger partial charge in [-0.1, -0.05) is 25.5 Å². The number of halogens is 2. The molecule has 0 aliphatic rings. The van der Waals surface area contributed by atoms with Gasteiger partial charge in [-0.05, 0) is 43.5 Å². The van der Waals surface area contributed by atoms with E-state index in [0.717, 1.165) is 42.1 Å². The molecule has 28 heavy (non-hydrogen) atoms. The molecule has 0 unspecified atom stereocenters. The molecule has 0 radical (unpaired) electrons. The summed E-state index contributed by atoms with van der Waals surface area (Å²) in [7, 11) is 0. The Morgan fingerprint density at radius 2 is 2.00 bits per heavy atom. The van der Waals surface area contributed by atoms with Crippen LogP contribution in [-0.4, -0.2) is 15.5 Å². The molecule has 1 amide bonds. The van der Waals surface area contributed by atoms with Gasteiger partial charge in [-0.15, -0.1) is 0 Å². The Bertz CT molecular complexity index is 997. The number of unbranched alkanes of at least 4 members (excludes halogenated alkanes) is 1. The van der Waals surface area contributed by atoms with E-state index < -0.39 is 17.5 Å². The lowest BCUT2D eigenvalue weighted by Gasteiger charge is -2.13. The molecule has 146 valence electrons. The SMILES string of the molecule is CCCCc1c(-c2cccnc2)c(C(N)=O)c(C)n1Cc1ccc(F)c(F)c1. The largest absolute Gasteiger partial charge is 0.366 e. The summed E-state index contributed by atoms with van der Waals surface area (Å²) < 4.78 is 29.0. The number of nitrogens with zero attached hydrogens (tertiary/aromatic N) is 2. The molecule has 0 aliphatic carbocycles. The number of carbonyl (C=O) groups excluding carboxylic acids is 1. The Labute approximate surface area is 163 Å². The van der Waals surface area contributed by atoms with Crippen LogP contribution in [-0.2, 0) is 13.0 Å². The first-order chi connectivity index (χ1) is 13.4. The van der Waals surface area contributed by atoms with E-state index in [1.807, 2.05) is 23.6 Å². The zero-order valence-electron chi connectivity index (χ0n) is 16.0. The summed E-state index contributed by atoms with van der Waals surface area (Å²) in [4.78, 5) is 16.5. The van der Waals surface area contributed by atoms with Gasteiger partial charge in [-0.3, -0.25) is 9.78 Å². The Hall–Kier alpha value is -3.02. The topological polar surface area (TPSA) is 60.9 Å². The van der Waals surface area contributed by atoms with E-state index in [1.54, 1.807) is 18.5 Å². The van der Waals surface area contributed by atoms with Crippen LogP contribution in [0.15, 0.2) is 42.7 Å². The predicted molar refractivity (Wildman–Crippen MR) is 105 cm³/mol. The summed E-state index contributed by atoms with van der Waals surface area (Å²) in [6.45, 7) is 4.24. The first kappa shape index (κ1) is 19.7. The highest BCUT2D eigenvalue weighted by Crippen LogP contribution is 2.34. The zero-order valence-corrected chi connectivity index (χ0v) is 16.0. The Balaban J connectivity index is 2.20. The molecule has 2 heterocycles. The minimum atomic E-state index is -0.889. The number of rotatable bonds is 7. The molecular weight excluding hydrogens is 360 g/mol. The van der Waals surface area contributed by atoms with E-state index >= 15 is 0 Å². The summed E-state index contributed by atoms with van der Waals surface area (Å²) in [5.41, 5.74) is 10.0. The summed E-state index contributed by atoms with van der Waals surface area (Å²) in [6, 6.07) is 7.56. The normalized spacial score (nSPS) is 11.0. The van der Waals surface area contributed by atoms with Gasteiger partial charge in [-0.25, -0.2) is 8.78 Å². The summed E-state index contributed by atoms with van der Waals surface area (Å²) >= 11 is 0. The molecular formula is C22H23F2N3O. The van der Waals surface area contributed by atoms with Gasteiger partial charge in [0.15, 0.2) is 11.6 Å². The molecule has 0 aliphatic heterocycles. The molecule has 2 aromatic heterocycles. The third-order valence-corrected chi connectivity index (χ3v) is 4.92. The summed E-state index contributed by atoms with van der Waals surface area (Å²) in [5.74, 6) is -2.29. The van der Waals surface area contributed by atoms with Crippen molar-refractivity contribution >= 4 is 5.91 Å². The highest BCUT2D eigenvalue weighted by Gasteiger charge is 2.24. The van der Waals surface area contributed by atoms with Crippen LogP contribution in [0.25, 0.3) is 11.1 Å². The maximum Gasteiger partial charge on any atom is 0.251 e. The molecule has 0 saturated heterocycles. The molecule has 0 fully saturated rings. The number of hydrogen-bond donors (Lipinski definition) is 1. The van der Waals surface area contributed by atoms with Crippen molar-refractivity contribution in [3.63, 3.8) is 0 Å². The van der Waals surface area contributed by atoms with E-state index in [0.29, 0.717) is 23.4 Å². The fourth-order valence-corrected chi connectivity index (χ4v) is 3.56. The molecule has 0 bridgehead atoms. The van der Waals surface area contributed by atoms with Crippen molar-refractivity contribution < 1.29 is 13.6 Å². The molecule has 6 heteroatoms. The fourth-order valence-electron chi connectivity index (χ4n) is 3.56. The van der Waals surface area contributed by atoms with Crippen LogP contribution in [0, 0.1) is 18.6 Å². The van der Waals surface area contributed by atoms with Gasteiger partial charge in [0.2, 0.25) is 0 Å². The lowest BCUT2D eigenvalue weighted by atomic mass is 9.99. The van der Waals surface area contributed by atoms with Gasteiger partial charge in [0.05, 0.1) is 5.56 Å². The number of benzene rings is 1. The Morgan fingerprint density at radius 3 is 2.61 bits per heavy atom. The van der Waals surface area contributed by atoms with Gasteiger partial charge in [0.25, 0.3) is 5.91 Å². The highest BCUT2D eigenvalue weighted by atomic mass is 19.2. The number of carbonyl (C=O) groups is 1. The number of hydrogen-bond acceptors (Lipinski definition) is 2. The van der Waals surface area contributed by atoms with Crippen molar-refractivity contribution in [3.8, 4) is 11.1 Å². The first-order valence-corrected chi connectivity index (χ1v) is 9.30. The van der Waals surface area contributed by atoms with E-state index in [1.165, 1.54) is 6.07 Å². The molecule has 3 rings (SSSR count). The van der Waals surface area contributed by atoms with Crippen molar-refractivity contribution in [1.29, 1.82) is 0 Å². The maximum absolute atomic E-state index is 13.7. The lowest BCUT2D eigenvalue weighted by molar-refractivity contribution is 0.1000. The highest BCUT2D eigenvalue weighted by molar-refractivity contribution is 6.02. The van der Waals surface area contributed by atoms with Gasteiger partial charge in [0, 0.05) is 41.5 Å². The minimum absolute atomic E-state index is 0.322. The van der Waals surface area contributed by atoms with Gasteiger partial charge >= 0.3 is 0 Å². The number of primary amides is 1. The second-order valence-corrected chi connectivity index (χ2v) is 6.83. The maximum atomic E-state index is 13.7. The van der Waals surface area contributed by atoms with Crippen LogP contribution in [0.5, 0.6) is 0 Å². The number of pyridine rings is 1. The van der Waals surface area contributed by atoms with Crippen LogP contribution in [0.3, 0.4) is 0 Å². The molecule has 0 atom stereocenters. The lowest BCUT2D eigenvalue weighted by Crippen LogP contribution is -2.13. The predicted octanol–water partition coefficient (Wildman–Crippen LogP) is 4.63. The first-order valence-electron chi connectivity index (χ1n) is 9.30. The fraction of sp³-hybridized carbons (Fsp3) is 0.273. The Morgan fingerprint density at radius 1 is 1.21 bits per heavy atom. The van der Waals surface area contributed by atoms with E-state index in [2.05, 4.69) is 11.9 Å². The van der Waals surface area contributed by atoms with E-state index in [-0.39, 0.29) is 0 Å². The third-order valence-electron chi connectivity index (χ3n) is 4.92.